The minimum Gasteiger partial charge on any atom is -0.371 e. The monoisotopic (exact) mass is 624 g/mol. The minimum atomic E-state index is -3.10. The molecule has 2 aliphatic heterocycles. The quantitative estimate of drug-likeness (QED) is 0.307. The molecule has 5 aromatic rings. The fourth-order valence-electron chi connectivity index (χ4n) is 5.89. The Morgan fingerprint density at radius 1 is 0.976 bits per heavy atom. The van der Waals surface area contributed by atoms with Gasteiger partial charge in [0.1, 0.15) is 5.39 Å². The molecule has 42 heavy (non-hydrogen) atoms. The maximum atomic E-state index is 13.6. The standard InChI is InChI=1S/C28H26Cl2N8O3S/c1-42(40,41)36-16-28(17-36)9-12-35(13-10-28)19-7-5-18(6-8-19)33-26-32-15-20-24(34-26)37-14-11-31-27(37)38(25(20)39)23-21(29)3-2-4-22(23)30/h2-8,11,14-15H,9-10,12-13,16-17H2,1H3,(H,32,33,34). The van der Waals surface area contributed by atoms with Crippen LogP contribution >= 0.6 is 23.2 Å². The highest BCUT2D eigenvalue weighted by Gasteiger charge is 2.48. The Morgan fingerprint density at radius 3 is 2.33 bits per heavy atom. The van der Waals surface area contributed by atoms with Crippen molar-refractivity contribution in [3.8, 4) is 5.69 Å². The number of rotatable bonds is 5. The van der Waals surface area contributed by atoms with Crippen LogP contribution in [0.1, 0.15) is 12.8 Å². The Labute approximate surface area is 251 Å². The molecular weight excluding hydrogens is 599 g/mol. The summed E-state index contributed by atoms with van der Waals surface area (Å²) in [6.07, 6.45) is 8.00. The van der Waals surface area contributed by atoms with Crippen LogP contribution in [-0.4, -0.2) is 69.1 Å². The molecule has 0 radical (unpaired) electrons. The Hall–Kier alpha value is -3.71. The first-order valence-corrected chi connectivity index (χ1v) is 16.0. The van der Waals surface area contributed by atoms with E-state index < -0.39 is 10.0 Å². The molecule has 2 saturated heterocycles. The third-order valence-corrected chi connectivity index (χ3v) is 10.0. The van der Waals surface area contributed by atoms with Crippen molar-refractivity contribution in [2.75, 3.05) is 42.7 Å². The highest BCUT2D eigenvalue weighted by atomic mass is 35.5. The van der Waals surface area contributed by atoms with E-state index in [1.165, 1.54) is 17.0 Å². The van der Waals surface area contributed by atoms with Gasteiger partial charge in [0.05, 0.1) is 22.0 Å². The Kier molecular flexibility index (Phi) is 6.42. The molecule has 2 aromatic carbocycles. The van der Waals surface area contributed by atoms with Gasteiger partial charge in [0.25, 0.3) is 5.56 Å². The van der Waals surface area contributed by atoms with E-state index in [0.717, 1.165) is 37.3 Å². The summed E-state index contributed by atoms with van der Waals surface area (Å²) in [5.74, 6) is 0.657. The molecule has 3 aromatic heterocycles. The summed E-state index contributed by atoms with van der Waals surface area (Å²) in [7, 11) is -3.10. The van der Waals surface area contributed by atoms with Crippen LogP contribution in [-0.2, 0) is 10.0 Å². The smallest absolute Gasteiger partial charge is 0.270 e. The van der Waals surface area contributed by atoms with Crippen molar-refractivity contribution in [1.29, 1.82) is 0 Å². The van der Waals surface area contributed by atoms with Crippen molar-refractivity contribution < 1.29 is 8.42 Å². The van der Waals surface area contributed by atoms with E-state index in [9.17, 15) is 13.2 Å². The van der Waals surface area contributed by atoms with Crippen molar-refractivity contribution in [1.82, 2.24) is 28.2 Å². The van der Waals surface area contributed by atoms with E-state index in [1.54, 1.807) is 39.3 Å². The largest absolute Gasteiger partial charge is 0.371 e. The van der Waals surface area contributed by atoms with Gasteiger partial charge >= 0.3 is 0 Å². The summed E-state index contributed by atoms with van der Waals surface area (Å²) >= 11 is 12.9. The number of halogens is 2. The number of imidazole rings is 1. The molecule has 2 aliphatic rings. The van der Waals surface area contributed by atoms with Crippen LogP contribution in [0, 0.1) is 5.41 Å². The summed E-state index contributed by atoms with van der Waals surface area (Å²) in [4.78, 5) is 29.3. The van der Waals surface area contributed by atoms with Gasteiger partial charge in [0.15, 0.2) is 5.65 Å². The summed E-state index contributed by atoms with van der Waals surface area (Å²) in [5, 5.41) is 4.16. The van der Waals surface area contributed by atoms with Gasteiger partial charge in [-0.2, -0.15) is 4.98 Å². The lowest BCUT2D eigenvalue weighted by Gasteiger charge is -2.53. The van der Waals surface area contributed by atoms with Crippen molar-refractivity contribution in [3.63, 3.8) is 0 Å². The molecule has 2 fully saturated rings. The second-order valence-corrected chi connectivity index (χ2v) is 13.7. The summed E-state index contributed by atoms with van der Waals surface area (Å²) < 4.78 is 28.2. The van der Waals surface area contributed by atoms with Gasteiger partial charge in [-0.3, -0.25) is 9.20 Å². The van der Waals surface area contributed by atoms with Gasteiger partial charge in [-0.05, 0) is 49.2 Å². The molecule has 1 spiro atoms. The number of hydrogen-bond donors (Lipinski definition) is 1. The van der Waals surface area contributed by atoms with E-state index >= 15 is 0 Å². The Morgan fingerprint density at radius 2 is 1.67 bits per heavy atom. The fourth-order valence-corrected chi connectivity index (χ4v) is 7.47. The first kappa shape index (κ1) is 27.1. The molecule has 5 heterocycles. The summed E-state index contributed by atoms with van der Waals surface area (Å²) in [5.41, 5.74) is 2.37. The third-order valence-electron chi connectivity index (χ3n) is 8.22. The molecule has 216 valence electrons. The number of nitrogens with one attached hydrogen (secondary N) is 1. The van der Waals surface area contributed by atoms with Crippen LogP contribution in [0.4, 0.5) is 17.3 Å². The SMILES string of the molecule is CS(=O)(=O)N1CC2(CCN(c3ccc(Nc4ncc5c(=O)n(-c6c(Cl)cccc6Cl)c6nccn6c5n4)cc3)CC2)C1. The number of para-hydroxylation sites is 1. The molecule has 14 heteroatoms. The Bertz CT molecular complexity index is 1990. The normalized spacial score (nSPS) is 17.2. The van der Waals surface area contributed by atoms with E-state index in [4.69, 9.17) is 23.2 Å². The number of aromatic nitrogens is 5. The molecule has 0 saturated carbocycles. The first-order valence-electron chi connectivity index (χ1n) is 13.4. The van der Waals surface area contributed by atoms with E-state index in [0.29, 0.717) is 46.2 Å². The molecule has 0 atom stereocenters. The molecule has 0 bridgehead atoms. The predicted octanol–water partition coefficient (Wildman–Crippen LogP) is 4.34. The van der Waals surface area contributed by atoms with Crippen LogP contribution < -0.4 is 15.8 Å². The molecule has 7 rings (SSSR count). The second kappa shape index (κ2) is 9.94. The van der Waals surface area contributed by atoms with Gasteiger partial charge in [-0.15, -0.1) is 0 Å². The highest BCUT2D eigenvalue weighted by molar-refractivity contribution is 7.88. The number of hydrogen-bond acceptors (Lipinski definition) is 8. The van der Waals surface area contributed by atoms with Crippen molar-refractivity contribution >= 4 is 67.4 Å². The van der Waals surface area contributed by atoms with E-state index in [1.807, 2.05) is 24.3 Å². The maximum absolute atomic E-state index is 13.6. The van der Waals surface area contributed by atoms with Crippen molar-refractivity contribution in [2.45, 2.75) is 12.8 Å². The van der Waals surface area contributed by atoms with Gasteiger partial charge in [0.2, 0.25) is 21.7 Å². The summed E-state index contributed by atoms with van der Waals surface area (Å²) in [6, 6.07) is 13.1. The number of sulfonamides is 1. The average molecular weight is 626 g/mol. The molecule has 0 amide bonds. The third kappa shape index (κ3) is 4.58. The maximum Gasteiger partial charge on any atom is 0.270 e. The zero-order valence-corrected chi connectivity index (χ0v) is 24.9. The van der Waals surface area contributed by atoms with Crippen LogP contribution in [0.25, 0.3) is 22.5 Å². The average Bonchev–Trinajstić information content (AvgIpc) is 3.43. The van der Waals surface area contributed by atoms with Gasteiger partial charge in [-0.25, -0.2) is 27.3 Å². The molecule has 0 aliphatic carbocycles. The van der Waals surface area contributed by atoms with Crippen LogP contribution in [0.15, 0.2) is 65.8 Å². The zero-order valence-electron chi connectivity index (χ0n) is 22.5. The van der Waals surface area contributed by atoms with E-state index in [2.05, 4.69) is 25.2 Å². The van der Waals surface area contributed by atoms with E-state index in [-0.39, 0.29) is 16.4 Å². The highest BCUT2D eigenvalue weighted by Crippen LogP contribution is 2.42. The zero-order chi connectivity index (χ0) is 29.2. The second-order valence-electron chi connectivity index (χ2n) is 10.9. The summed E-state index contributed by atoms with van der Waals surface area (Å²) in [6.45, 7) is 3.02. The van der Waals surface area contributed by atoms with Gasteiger partial charge < -0.3 is 10.2 Å². The van der Waals surface area contributed by atoms with Crippen molar-refractivity contribution in [3.05, 3.63) is 81.5 Å². The van der Waals surface area contributed by atoms with Gasteiger partial charge in [0, 0.05) is 61.6 Å². The molecule has 0 unspecified atom stereocenters. The molecule has 11 nitrogen and oxygen atoms in total. The van der Waals surface area contributed by atoms with Crippen LogP contribution in [0.2, 0.25) is 10.0 Å². The lowest BCUT2D eigenvalue weighted by atomic mass is 9.73. The number of fused-ring (bicyclic) bond motifs is 3. The Balaban J connectivity index is 1.11. The minimum absolute atomic E-state index is 0.109. The van der Waals surface area contributed by atoms with Crippen LogP contribution in [0.5, 0.6) is 0 Å². The molecule has 1 N–H and O–H groups in total. The first-order chi connectivity index (χ1) is 20.1. The fraction of sp³-hybridized carbons (Fsp3) is 0.286. The lowest BCUT2D eigenvalue weighted by molar-refractivity contribution is 0.0443. The van der Waals surface area contributed by atoms with Crippen LogP contribution in [0.3, 0.4) is 0 Å². The topological polar surface area (TPSA) is 118 Å². The number of piperidine rings is 1. The van der Waals surface area contributed by atoms with Gasteiger partial charge in [-0.1, -0.05) is 29.3 Å². The van der Waals surface area contributed by atoms with Crippen molar-refractivity contribution in [2.24, 2.45) is 5.41 Å². The number of benzene rings is 2. The number of nitrogens with zero attached hydrogens (tertiary/aromatic N) is 7. The lowest BCUT2D eigenvalue weighted by Crippen LogP contribution is -2.61. The molecular formula is C28H26Cl2N8O3S. The predicted molar refractivity (Wildman–Crippen MR) is 164 cm³/mol. The number of anilines is 3.